The molecule has 2 amide bonds. The Labute approximate surface area is 142 Å². The van der Waals surface area contributed by atoms with Gasteiger partial charge in [0.25, 0.3) is 5.91 Å². The number of anilines is 1. The minimum absolute atomic E-state index is 0.0883. The zero-order valence-electron chi connectivity index (χ0n) is 14.3. The molecule has 0 atom stereocenters. The largest absolute Gasteiger partial charge is 0.338 e. The molecular weight excluding hydrogens is 300 g/mol. The number of benzene rings is 2. The summed E-state index contributed by atoms with van der Waals surface area (Å²) in [6, 6.07) is 11.8. The van der Waals surface area contributed by atoms with Crippen molar-refractivity contribution in [2.45, 2.75) is 33.7 Å². The molecule has 4 nitrogen and oxygen atoms in total. The molecule has 1 aliphatic heterocycles. The van der Waals surface area contributed by atoms with E-state index in [1.807, 2.05) is 55.1 Å². The first-order chi connectivity index (χ1) is 11.4. The third-order valence-electron chi connectivity index (χ3n) is 4.55. The average molecular weight is 322 g/mol. The van der Waals surface area contributed by atoms with Gasteiger partial charge in [0, 0.05) is 31.3 Å². The van der Waals surface area contributed by atoms with Crippen molar-refractivity contribution in [3.63, 3.8) is 0 Å². The molecule has 2 aromatic carbocycles. The lowest BCUT2D eigenvalue weighted by molar-refractivity contribution is -0.129. The Kier molecular flexibility index (Phi) is 4.38. The van der Waals surface area contributed by atoms with Gasteiger partial charge in [0.1, 0.15) is 0 Å². The molecule has 1 N–H and O–H groups in total. The van der Waals surface area contributed by atoms with Crippen LogP contribution in [0.5, 0.6) is 0 Å². The van der Waals surface area contributed by atoms with E-state index >= 15 is 0 Å². The highest BCUT2D eigenvalue weighted by Crippen LogP contribution is 2.23. The van der Waals surface area contributed by atoms with E-state index in [2.05, 4.69) is 5.32 Å². The quantitative estimate of drug-likeness (QED) is 0.920. The van der Waals surface area contributed by atoms with Crippen LogP contribution in [-0.2, 0) is 17.8 Å². The van der Waals surface area contributed by atoms with E-state index in [1.54, 1.807) is 6.92 Å². The van der Waals surface area contributed by atoms with Crippen molar-refractivity contribution in [2.75, 3.05) is 11.9 Å². The number of carbonyl (C=O) groups is 2. The Bertz CT molecular complexity index is 811. The lowest BCUT2D eigenvalue weighted by Crippen LogP contribution is -2.34. The van der Waals surface area contributed by atoms with Gasteiger partial charge in [0.15, 0.2) is 0 Å². The van der Waals surface area contributed by atoms with Crippen molar-refractivity contribution in [3.8, 4) is 0 Å². The van der Waals surface area contributed by atoms with Gasteiger partial charge in [-0.1, -0.05) is 23.8 Å². The van der Waals surface area contributed by atoms with E-state index < -0.39 is 0 Å². The second-order valence-electron chi connectivity index (χ2n) is 6.45. The van der Waals surface area contributed by atoms with Crippen LogP contribution in [0, 0.1) is 13.8 Å². The molecule has 0 saturated heterocycles. The molecule has 0 fully saturated rings. The van der Waals surface area contributed by atoms with E-state index in [0.717, 1.165) is 35.3 Å². The summed E-state index contributed by atoms with van der Waals surface area (Å²) in [6.07, 6.45) is 0.861. The maximum Gasteiger partial charge on any atom is 0.255 e. The molecule has 0 unspecified atom stereocenters. The van der Waals surface area contributed by atoms with Crippen molar-refractivity contribution in [1.29, 1.82) is 0 Å². The number of rotatable bonds is 2. The van der Waals surface area contributed by atoms with Crippen molar-refractivity contribution in [1.82, 2.24) is 4.90 Å². The van der Waals surface area contributed by atoms with Gasteiger partial charge >= 0.3 is 0 Å². The van der Waals surface area contributed by atoms with Gasteiger partial charge < -0.3 is 10.2 Å². The van der Waals surface area contributed by atoms with Crippen LogP contribution in [0.3, 0.4) is 0 Å². The van der Waals surface area contributed by atoms with Crippen LogP contribution in [0.1, 0.15) is 39.5 Å². The normalized spacial score (nSPS) is 13.4. The predicted molar refractivity (Wildman–Crippen MR) is 95.1 cm³/mol. The molecule has 0 radical (unpaired) electrons. The lowest BCUT2D eigenvalue weighted by Gasteiger charge is -2.28. The van der Waals surface area contributed by atoms with Crippen LogP contribution in [0.2, 0.25) is 0 Å². The van der Waals surface area contributed by atoms with Gasteiger partial charge in [0.05, 0.1) is 0 Å². The second kappa shape index (κ2) is 6.48. The molecule has 3 rings (SSSR count). The first-order valence-electron chi connectivity index (χ1n) is 8.20. The van der Waals surface area contributed by atoms with Crippen molar-refractivity contribution >= 4 is 17.5 Å². The number of fused-ring (bicyclic) bond motifs is 1. The fourth-order valence-corrected chi connectivity index (χ4v) is 3.17. The summed E-state index contributed by atoms with van der Waals surface area (Å²) in [5.74, 6) is -0.0166. The molecule has 124 valence electrons. The zero-order chi connectivity index (χ0) is 17.3. The third-order valence-corrected chi connectivity index (χ3v) is 4.55. The maximum atomic E-state index is 12.5. The molecule has 0 saturated carbocycles. The van der Waals surface area contributed by atoms with Crippen LogP contribution in [-0.4, -0.2) is 23.3 Å². The van der Waals surface area contributed by atoms with Gasteiger partial charge in [-0.2, -0.15) is 0 Å². The Morgan fingerprint density at radius 3 is 2.54 bits per heavy atom. The number of hydrogen-bond donors (Lipinski definition) is 1. The Hall–Kier alpha value is -2.62. The smallest absolute Gasteiger partial charge is 0.255 e. The van der Waals surface area contributed by atoms with Gasteiger partial charge in [-0.3, -0.25) is 9.59 Å². The summed E-state index contributed by atoms with van der Waals surface area (Å²) in [6.45, 7) is 6.92. The van der Waals surface area contributed by atoms with Crippen LogP contribution in [0.25, 0.3) is 0 Å². The highest BCUT2D eigenvalue weighted by Gasteiger charge is 2.19. The van der Waals surface area contributed by atoms with Crippen molar-refractivity contribution in [3.05, 3.63) is 64.2 Å². The number of nitrogens with zero attached hydrogens (tertiary/aromatic N) is 1. The number of hydrogen-bond acceptors (Lipinski definition) is 2. The van der Waals surface area contributed by atoms with E-state index in [0.29, 0.717) is 12.1 Å². The third kappa shape index (κ3) is 3.32. The molecule has 0 aromatic heterocycles. The molecule has 0 aliphatic carbocycles. The summed E-state index contributed by atoms with van der Waals surface area (Å²) >= 11 is 0. The highest BCUT2D eigenvalue weighted by molar-refractivity contribution is 6.05. The van der Waals surface area contributed by atoms with E-state index in [4.69, 9.17) is 0 Å². The first-order valence-corrected chi connectivity index (χ1v) is 8.20. The lowest BCUT2D eigenvalue weighted by atomic mass is 9.99. The summed E-state index contributed by atoms with van der Waals surface area (Å²) in [4.78, 5) is 25.9. The SMILES string of the molecule is CC(=O)N1CCc2ccc(NC(=O)c3ccc(C)cc3C)cc2C1. The van der Waals surface area contributed by atoms with Gasteiger partial charge in [-0.25, -0.2) is 0 Å². The number of carbonyl (C=O) groups excluding carboxylic acids is 2. The molecule has 4 heteroatoms. The minimum Gasteiger partial charge on any atom is -0.338 e. The van der Waals surface area contributed by atoms with Crippen LogP contribution < -0.4 is 5.32 Å². The second-order valence-corrected chi connectivity index (χ2v) is 6.45. The van der Waals surface area contributed by atoms with Gasteiger partial charge in [0.2, 0.25) is 5.91 Å². The van der Waals surface area contributed by atoms with Crippen molar-refractivity contribution < 1.29 is 9.59 Å². The van der Waals surface area contributed by atoms with Crippen molar-refractivity contribution in [2.24, 2.45) is 0 Å². The zero-order valence-corrected chi connectivity index (χ0v) is 14.3. The summed E-state index contributed by atoms with van der Waals surface area (Å²) in [5.41, 5.74) is 5.91. The monoisotopic (exact) mass is 322 g/mol. The maximum absolute atomic E-state index is 12.5. The average Bonchev–Trinajstić information content (AvgIpc) is 2.53. The van der Waals surface area contributed by atoms with Crippen LogP contribution >= 0.6 is 0 Å². The van der Waals surface area contributed by atoms with Crippen LogP contribution in [0.4, 0.5) is 5.69 Å². The molecule has 24 heavy (non-hydrogen) atoms. The molecule has 1 aliphatic rings. The van der Waals surface area contributed by atoms with E-state index in [9.17, 15) is 9.59 Å². The Balaban J connectivity index is 1.80. The van der Waals surface area contributed by atoms with Crippen LogP contribution in [0.15, 0.2) is 36.4 Å². The molecule has 0 bridgehead atoms. The standard InChI is InChI=1S/C20H22N2O2/c1-13-4-7-19(14(2)10-13)20(24)21-18-6-5-16-8-9-22(15(3)23)12-17(16)11-18/h4-7,10-11H,8-9,12H2,1-3H3,(H,21,24). The first kappa shape index (κ1) is 16.2. The fraction of sp³-hybridized carbons (Fsp3) is 0.300. The van der Waals surface area contributed by atoms with Gasteiger partial charge in [-0.15, -0.1) is 0 Å². The summed E-state index contributed by atoms with van der Waals surface area (Å²) in [7, 11) is 0. The molecule has 1 heterocycles. The molecule has 2 aromatic rings. The van der Waals surface area contributed by atoms with Gasteiger partial charge in [-0.05, 0) is 55.2 Å². The highest BCUT2D eigenvalue weighted by atomic mass is 16.2. The van der Waals surface area contributed by atoms with E-state index in [-0.39, 0.29) is 11.8 Å². The number of nitrogens with one attached hydrogen (secondary N) is 1. The Morgan fingerprint density at radius 2 is 1.83 bits per heavy atom. The number of aryl methyl sites for hydroxylation is 2. The van der Waals surface area contributed by atoms with E-state index in [1.165, 1.54) is 5.56 Å². The Morgan fingerprint density at radius 1 is 1.04 bits per heavy atom. The fourth-order valence-electron chi connectivity index (χ4n) is 3.17. The molecule has 0 spiro atoms. The summed E-state index contributed by atoms with van der Waals surface area (Å²) in [5, 5.41) is 2.97. The number of amides is 2. The minimum atomic E-state index is -0.105. The topological polar surface area (TPSA) is 49.4 Å². The molecular formula is C20H22N2O2. The summed E-state index contributed by atoms with van der Waals surface area (Å²) < 4.78 is 0. The predicted octanol–water partition coefficient (Wildman–Crippen LogP) is 3.46.